The van der Waals surface area contributed by atoms with Gasteiger partial charge in [0, 0.05) is 11.8 Å². The van der Waals surface area contributed by atoms with Gasteiger partial charge < -0.3 is 15.0 Å². The molecule has 1 saturated carbocycles. The summed E-state index contributed by atoms with van der Waals surface area (Å²) >= 11 is 0. The molecule has 1 unspecified atom stereocenters. The standard InChI is InChI=1S/C22H24N8O2/c1-3-29(13(2)14-7-5-4-6-8-14)20-26-18-15(11-17-19(31)27-22(32)25-17)12-23-30(18)21(28-20)24-16-9-10-16/h4-8,11-13,16,31H,3,9-10H2,1-2H3,(H2,25,27,32). The van der Waals surface area contributed by atoms with Gasteiger partial charge in [-0.3, -0.25) is 4.98 Å². The number of nitrogens with one attached hydrogen (secondary N) is 2. The van der Waals surface area contributed by atoms with E-state index in [9.17, 15) is 9.90 Å². The zero-order chi connectivity index (χ0) is 22.2. The van der Waals surface area contributed by atoms with Crippen molar-refractivity contribution in [2.45, 2.75) is 38.8 Å². The number of aromatic nitrogens is 6. The Balaban J connectivity index is 1.69. The number of fused-ring (bicyclic) bond motifs is 1. The second kappa shape index (κ2) is 7.95. The Hall–Kier alpha value is -3.95. The van der Waals surface area contributed by atoms with Crippen LogP contribution in [0.15, 0.2) is 46.3 Å². The van der Waals surface area contributed by atoms with E-state index < -0.39 is 5.69 Å². The van der Waals surface area contributed by atoms with Crippen molar-refractivity contribution in [3.8, 4) is 5.88 Å². The predicted octanol–water partition coefficient (Wildman–Crippen LogP) is 1.04. The number of nitrogens with zero attached hydrogens (tertiary/aromatic N) is 6. The lowest BCUT2D eigenvalue weighted by Crippen LogP contribution is -2.33. The van der Waals surface area contributed by atoms with E-state index in [1.807, 2.05) is 18.2 Å². The van der Waals surface area contributed by atoms with Crippen molar-refractivity contribution in [2.75, 3.05) is 11.4 Å². The van der Waals surface area contributed by atoms with Gasteiger partial charge in [-0.15, -0.1) is 0 Å². The largest absolute Gasteiger partial charge is 0.493 e. The van der Waals surface area contributed by atoms with Crippen LogP contribution in [-0.2, 0) is 0 Å². The number of anilines is 1. The topological polar surface area (TPSA) is 128 Å². The third kappa shape index (κ3) is 3.75. The van der Waals surface area contributed by atoms with Crippen molar-refractivity contribution in [1.82, 2.24) is 29.5 Å². The van der Waals surface area contributed by atoms with Crippen LogP contribution in [0.1, 0.15) is 44.0 Å². The highest BCUT2D eigenvalue weighted by atomic mass is 16.3. The quantitative estimate of drug-likeness (QED) is 0.418. The molecule has 10 nitrogen and oxygen atoms in total. The molecule has 0 radical (unpaired) electrons. The number of benzene rings is 1. The monoisotopic (exact) mass is 432 g/mol. The van der Waals surface area contributed by atoms with E-state index in [1.54, 1.807) is 16.8 Å². The van der Waals surface area contributed by atoms with E-state index in [0.717, 1.165) is 18.4 Å². The summed E-state index contributed by atoms with van der Waals surface area (Å²) in [5, 5.41) is 15.0. The molecule has 1 aliphatic carbocycles. The first-order valence-corrected chi connectivity index (χ1v) is 10.7. The minimum atomic E-state index is -0.487. The Morgan fingerprint density at radius 2 is 2.06 bits per heavy atom. The Morgan fingerprint density at radius 3 is 2.72 bits per heavy atom. The van der Waals surface area contributed by atoms with Gasteiger partial charge in [-0.25, -0.2) is 9.79 Å². The lowest BCUT2D eigenvalue weighted by molar-refractivity contribution is 0.454. The average molecular weight is 432 g/mol. The van der Waals surface area contributed by atoms with Gasteiger partial charge in [-0.05, 0) is 38.3 Å². The zero-order valence-electron chi connectivity index (χ0n) is 17.9. The summed E-state index contributed by atoms with van der Waals surface area (Å²) in [4.78, 5) is 32.8. The van der Waals surface area contributed by atoms with Crippen LogP contribution in [0.5, 0.6) is 5.88 Å². The van der Waals surface area contributed by atoms with Crippen molar-refractivity contribution >= 4 is 17.7 Å². The van der Waals surface area contributed by atoms with Crippen LogP contribution >= 0.6 is 0 Å². The zero-order valence-corrected chi connectivity index (χ0v) is 17.9. The molecule has 1 aliphatic rings. The van der Waals surface area contributed by atoms with Crippen LogP contribution < -0.4 is 21.4 Å². The van der Waals surface area contributed by atoms with Gasteiger partial charge in [0.1, 0.15) is 5.69 Å². The molecule has 4 aromatic rings. The molecule has 164 valence electrons. The van der Waals surface area contributed by atoms with Crippen molar-refractivity contribution in [3.05, 3.63) is 69.1 Å². The fourth-order valence-corrected chi connectivity index (χ4v) is 3.70. The summed E-state index contributed by atoms with van der Waals surface area (Å²) < 4.78 is 1.61. The fraction of sp³-hybridized carbons (Fsp3) is 0.318. The lowest BCUT2D eigenvalue weighted by atomic mass is 10.1. The van der Waals surface area contributed by atoms with Crippen LogP contribution in [-0.4, -0.2) is 47.2 Å². The van der Waals surface area contributed by atoms with Crippen LogP contribution in [0.3, 0.4) is 0 Å². The number of rotatable bonds is 6. The Morgan fingerprint density at radius 1 is 1.28 bits per heavy atom. The average Bonchev–Trinajstić information content (AvgIpc) is 3.43. The molecule has 1 fully saturated rings. The molecule has 0 aliphatic heterocycles. The molecule has 3 heterocycles. The number of imidazole rings is 1. The normalized spacial score (nSPS) is 16.1. The summed E-state index contributed by atoms with van der Waals surface area (Å²) in [6, 6.07) is 10.5. The third-order valence-electron chi connectivity index (χ3n) is 5.59. The highest BCUT2D eigenvalue weighted by molar-refractivity contribution is 5.57. The first-order chi connectivity index (χ1) is 15.5. The van der Waals surface area contributed by atoms with Gasteiger partial charge in [0.2, 0.25) is 11.8 Å². The van der Waals surface area contributed by atoms with Gasteiger partial charge in [0.05, 0.1) is 18.3 Å². The van der Waals surface area contributed by atoms with E-state index >= 15 is 0 Å². The molecule has 1 aromatic carbocycles. The van der Waals surface area contributed by atoms with Crippen LogP contribution in [0.25, 0.3) is 11.7 Å². The van der Waals surface area contributed by atoms with Crippen LogP contribution in [0.4, 0.5) is 5.95 Å². The minimum absolute atomic E-state index is 0.0536. The maximum atomic E-state index is 11.5. The first kappa shape index (κ1) is 20.0. The SMILES string of the molecule is CCN(c1nc(=NC2CC2)n2ncc(=Cc3[nH]c(=O)[nH]c3O)c2n1)C(C)c1ccccc1. The van der Waals surface area contributed by atoms with E-state index in [1.165, 1.54) is 0 Å². The third-order valence-corrected chi connectivity index (χ3v) is 5.59. The number of aromatic hydroxyl groups is 1. The van der Waals surface area contributed by atoms with E-state index in [4.69, 9.17) is 15.0 Å². The molecule has 10 heteroatoms. The second-order valence-corrected chi connectivity index (χ2v) is 7.88. The number of aromatic amines is 2. The molecular weight excluding hydrogens is 408 g/mol. The number of hydrogen-bond acceptors (Lipinski definition) is 7. The summed E-state index contributed by atoms with van der Waals surface area (Å²) in [5.41, 5.74) is 1.98. The molecule has 1 atom stereocenters. The summed E-state index contributed by atoms with van der Waals surface area (Å²) in [5.74, 6) is 0.317. The van der Waals surface area contributed by atoms with Crippen LogP contribution in [0.2, 0.25) is 0 Å². The van der Waals surface area contributed by atoms with Crippen LogP contribution in [0, 0.1) is 0 Å². The second-order valence-electron chi connectivity index (χ2n) is 7.88. The van der Waals surface area contributed by atoms with Crippen molar-refractivity contribution in [1.29, 1.82) is 0 Å². The number of hydrogen-bond donors (Lipinski definition) is 3. The van der Waals surface area contributed by atoms with Crippen molar-refractivity contribution in [3.63, 3.8) is 0 Å². The molecule has 5 rings (SSSR count). The summed E-state index contributed by atoms with van der Waals surface area (Å²) in [6.45, 7) is 4.89. The van der Waals surface area contributed by atoms with E-state index in [-0.39, 0.29) is 23.7 Å². The molecule has 3 aromatic heterocycles. The molecule has 0 spiro atoms. The molecule has 3 N–H and O–H groups in total. The maximum Gasteiger partial charge on any atom is 0.326 e. The predicted molar refractivity (Wildman–Crippen MR) is 119 cm³/mol. The van der Waals surface area contributed by atoms with Gasteiger partial charge >= 0.3 is 5.69 Å². The molecular formula is C22H24N8O2. The maximum absolute atomic E-state index is 11.5. The highest BCUT2D eigenvalue weighted by Crippen LogP contribution is 2.24. The smallest absolute Gasteiger partial charge is 0.326 e. The summed E-state index contributed by atoms with van der Waals surface area (Å²) in [6.07, 6.45) is 5.33. The Labute approximate surface area is 183 Å². The molecule has 0 amide bonds. The molecule has 0 saturated heterocycles. The van der Waals surface area contributed by atoms with Gasteiger partial charge in [0.15, 0.2) is 5.65 Å². The van der Waals surface area contributed by atoms with E-state index in [2.05, 4.69) is 45.9 Å². The fourth-order valence-electron chi connectivity index (χ4n) is 3.70. The van der Waals surface area contributed by atoms with E-state index in [0.29, 0.717) is 29.0 Å². The Kier molecular flexibility index (Phi) is 4.96. The molecule has 32 heavy (non-hydrogen) atoms. The lowest BCUT2D eigenvalue weighted by Gasteiger charge is -2.28. The summed E-state index contributed by atoms with van der Waals surface area (Å²) in [7, 11) is 0. The highest BCUT2D eigenvalue weighted by Gasteiger charge is 2.23. The minimum Gasteiger partial charge on any atom is -0.493 e. The van der Waals surface area contributed by atoms with Gasteiger partial charge in [-0.1, -0.05) is 30.3 Å². The van der Waals surface area contributed by atoms with Gasteiger partial charge in [-0.2, -0.15) is 19.6 Å². The first-order valence-electron chi connectivity index (χ1n) is 10.7. The van der Waals surface area contributed by atoms with Crippen molar-refractivity contribution < 1.29 is 5.11 Å². The van der Waals surface area contributed by atoms with Crippen molar-refractivity contribution in [2.24, 2.45) is 4.99 Å². The Bertz CT molecular complexity index is 1430. The molecule has 0 bridgehead atoms. The van der Waals surface area contributed by atoms with Gasteiger partial charge in [0.25, 0.3) is 5.62 Å². The number of H-pyrrole nitrogens is 2.